The Hall–Kier alpha value is -0.937. The van der Waals surface area contributed by atoms with Crippen molar-refractivity contribution in [2.75, 3.05) is 0 Å². The molecule has 3 rings (SSSR count). The third kappa shape index (κ3) is 5.07. The van der Waals surface area contributed by atoms with E-state index in [9.17, 15) is 0 Å². The van der Waals surface area contributed by atoms with Gasteiger partial charge in [0.05, 0.1) is 0 Å². The minimum Gasteiger partial charge on any atom is -0.0654 e. The third-order valence-electron chi connectivity index (χ3n) is 5.53. The van der Waals surface area contributed by atoms with Crippen LogP contribution in [-0.4, -0.2) is 0 Å². The maximum atomic E-state index is 2.42. The number of fused-ring (bicyclic) bond motifs is 1. The van der Waals surface area contributed by atoms with E-state index in [0.717, 1.165) is 0 Å². The van der Waals surface area contributed by atoms with Gasteiger partial charge in [-0.15, -0.1) is 0 Å². The number of hydrogen-bond acceptors (Lipinski definition) is 0. The van der Waals surface area contributed by atoms with E-state index < -0.39 is 0 Å². The van der Waals surface area contributed by atoms with Gasteiger partial charge >= 0.3 is 0 Å². The predicted octanol–water partition coefficient (Wildman–Crippen LogP) is 7.78. The number of benzene rings is 2. The first kappa shape index (κ1) is 21.4. The molecule has 1 unspecified atom stereocenters. The largest absolute Gasteiger partial charge is 0.0654 e. The Balaban J connectivity index is 0.00000243. The summed E-state index contributed by atoms with van der Waals surface area (Å²) in [4.78, 5) is 0. The third-order valence-corrected chi connectivity index (χ3v) is 5.53. The molecule has 0 saturated heterocycles. The summed E-state index contributed by atoms with van der Waals surface area (Å²) in [7, 11) is 0. The van der Waals surface area contributed by atoms with Crippen LogP contribution in [0.3, 0.4) is 0 Å². The summed E-state index contributed by atoms with van der Waals surface area (Å²) in [5.41, 5.74) is 8.43. The van der Waals surface area contributed by atoms with Gasteiger partial charge in [-0.05, 0) is 53.0 Å². The summed E-state index contributed by atoms with van der Waals surface area (Å²) in [6, 6.07) is 15.9. The van der Waals surface area contributed by atoms with Crippen molar-refractivity contribution in [1.82, 2.24) is 0 Å². The zero-order valence-corrected chi connectivity index (χ0v) is 19.0. The number of unbranched alkanes of at least 4 members (excludes halogenated alkanes) is 3. The molecular formula is C25H31Zr. The summed E-state index contributed by atoms with van der Waals surface area (Å²) in [6.07, 6.45) is 12.5. The molecule has 0 aliphatic heterocycles. The van der Waals surface area contributed by atoms with Crippen molar-refractivity contribution < 1.29 is 26.2 Å². The monoisotopic (exact) mass is 421 g/mol. The fraction of sp³-hybridized carbons (Fsp3) is 0.400. The Morgan fingerprint density at radius 1 is 0.885 bits per heavy atom. The molecule has 2 aromatic carbocycles. The first-order valence-electron chi connectivity index (χ1n) is 10.0. The van der Waals surface area contributed by atoms with Crippen molar-refractivity contribution in [3.8, 4) is 11.1 Å². The number of allylic oxidation sites excluding steroid dienone is 1. The Morgan fingerprint density at radius 2 is 1.65 bits per heavy atom. The molecule has 0 saturated carbocycles. The van der Waals surface area contributed by atoms with E-state index in [1.807, 2.05) is 0 Å². The summed E-state index contributed by atoms with van der Waals surface area (Å²) >= 11 is 0. The molecule has 1 aliphatic carbocycles. The minimum atomic E-state index is 0. The van der Waals surface area contributed by atoms with E-state index in [0.29, 0.717) is 5.92 Å². The van der Waals surface area contributed by atoms with Crippen LogP contribution < -0.4 is 0 Å². The van der Waals surface area contributed by atoms with Gasteiger partial charge < -0.3 is 0 Å². The van der Waals surface area contributed by atoms with Crippen molar-refractivity contribution in [2.45, 2.75) is 65.2 Å². The molecule has 2 aromatic rings. The van der Waals surface area contributed by atoms with Gasteiger partial charge in [0.25, 0.3) is 0 Å². The predicted molar refractivity (Wildman–Crippen MR) is 111 cm³/mol. The molecule has 1 atom stereocenters. The van der Waals surface area contributed by atoms with Gasteiger partial charge in [-0.3, -0.25) is 0 Å². The Morgan fingerprint density at radius 3 is 2.35 bits per heavy atom. The van der Waals surface area contributed by atoms with Crippen LogP contribution in [0, 0.1) is 6.42 Å². The fourth-order valence-corrected chi connectivity index (χ4v) is 3.68. The van der Waals surface area contributed by atoms with Crippen molar-refractivity contribution in [2.24, 2.45) is 0 Å². The van der Waals surface area contributed by atoms with E-state index in [2.05, 4.69) is 75.7 Å². The first-order valence-corrected chi connectivity index (χ1v) is 10.0. The molecule has 135 valence electrons. The summed E-state index contributed by atoms with van der Waals surface area (Å²) < 4.78 is 0. The van der Waals surface area contributed by atoms with Crippen molar-refractivity contribution in [3.05, 3.63) is 71.1 Å². The molecule has 1 heteroatoms. The molecule has 0 N–H and O–H groups in total. The number of hydrogen-bond donors (Lipinski definition) is 0. The van der Waals surface area contributed by atoms with Crippen LogP contribution in [0.5, 0.6) is 0 Å². The van der Waals surface area contributed by atoms with Gasteiger partial charge in [0.1, 0.15) is 0 Å². The molecule has 0 bridgehead atoms. The van der Waals surface area contributed by atoms with E-state index in [1.165, 1.54) is 71.9 Å². The molecular weight excluding hydrogens is 391 g/mol. The van der Waals surface area contributed by atoms with Gasteiger partial charge in [-0.2, -0.15) is 0 Å². The molecule has 1 aliphatic rings. The van der Waals surface area contributed by atoms with Gasteiger partial charge in [-0.1, -0.05) is 94.1 Å². The average molecular weight is 423 g/mol. The van der Waals surface area contributed by atoms with E-state index in [4.69, 9.17) is 0 Å². The van der Waals surface area contributed by atoms with Crippen LogP contribution in [0.4, 0.5) is 0 Å². The molecule has 0 spiro atoms. The summed E-state index contributed by atoms with van der Waals surface area (Å²) in [6.45, 7) is 6.83. The zero-order valence-electron chi connectivity index (χ0n) is 16.5. The first-order chi connectivity index (χ1) is 12.2. The van der Waals surface area contributed by atoms with E-state index in [-0.39, 0.29) is 26.2 Å². The second-order valence-electron chi connectivity index (χ2n) is 7.41. The zero-order chi connectivity index (χ0) is 17.6. The van der Waals surface area contributed by atoms with Gasteiger partial charge in [0, 0.05) is 32.6 Å². The van der Waals surface area contributed by atoms with Crippen LogP contribution in [-0.2, 0) is 26.2 Å². The van der Waals surface area contributed by atoms with Crippen molar-refractivity contribution in [1.29, 1.82) is 0 Å². The minimum absolute atomic E-state index is 0. The van der Waals surface area contributed by atoms with E-state index >= 15 is 0 Å². The maximum absolute atomic E-state index is 2.42. The Kier molecular flexibility index (Phi) is 8.55. The second-order valence-corrected chi connectivity index (χ2v) is 7.41. The normalized spacial score (nSPS) is 13.7. The number of rotatable bonds is 8. The quantitative estimate of drug-likeness (QED) is 0.381. The summed E-state index contributed by atoms with van der Waals surface area (Å²) in [5, 5.41) is 0. The summed E-state index contributed by atoms with van der Waals surface area (Å²) in [5.74, 6) is 0.637. The van der Waals surface area contributed by atoms with Crippen molar-refractivity contribution >= 4 is 6.08 Å². The molecule has 1 radical (unpaired) electrons. The second kappa shape index (κ2) is 10.4. The van der Waals surface area contributed by atoms with Crippen LogP contribution in [0.25, 0.3) is 17.2 Å². The molecule has 0 amide bonds. The van der Waals surface area contributed by atoms with Crippen LogP contribution in [0.2, 0.25) is 0 Å². The Labute approximate surface area is 179 Å². The van der Waals surface area contributed by atoms with Crippen molar-refractivity contribution in [3.63, 3.8) is 0 Å². The van der Waals surface area contributed by atoms with Crippen LogP contribution in [0.1, 0.15) is 81.9 Å². The topological polar surface area (TPSA) is 0 Å². The van der Waals surface area contributed by atoms with Gasteiger partial charge in [0.15, 0.2) is 0 Å². The molecule has 0 aromatic heterocycles. The molecule has 0 fully saturated rings. The van der Waals surface area contributed by atoms with Crippen LogP contribution >= 0.6 is 0 Å². The van der Waals surface area contributed by atoms with Gasteiger partial charge in [-0.25, -0.2) is 0 Å². The molecule has 0 nitrogen and oxygen atoms in total. The maximum Gasteiger partial charge on any atom is 0.0164 e. The Bertz CT molecular complexity index is 724. The van der Waals surface area contributed by atoms with E-state index in [1.54, 1.807) is 0 Å². The average Bonchev–Trinajstić information content (AvgIpc) is 3.07. The fourth-order valence-electron chi connectivity index (χ4n) is 3.68. The van der Waals surface area contributed by atoms with Gasteiger partial charge in [0.2, 0.25) is 0 Å². The standard InChI is InChI=1S/C25H31.Zr/c1-4-6-7-8-10-20-17-23-11-9-12-24(25(23)18-20)22-15-13-21(14-16-22)19(3)5-2;/h9,11-19H,4-8,10H2,1-3H3;. The SMILES string of the molecule is CCCCCCC1=Cc2c(cccc2-c2ccc(C(C)CC)cc2)[CH]1.[Zr]. The molecule has 26 heavy (non-hydrogen) atoms. The van der Waals surface area contributed by atoms with Crippen LogP contribution in [0.15, 0.2) is 48.0 Å². The smallest absolute Gasteiger partial charge is 0.0164 e. The molecule has 0 heterocycles.